The van der Waals surface area contributed by atoms with Crippen LogP contribution < -0.4 is 5.32 Å². The fraction of sp³-hybridized carbons (Fsp3) is 0.667. The lowest BCUT2D eigenvalue weighted by molar-refractivity contribution is 0.0692. The first kappa shape index (κ1) is 17.8. The molecule has 0 bridgehead atoms. The molecule has 0 radical (unpaired) electrons. The predicted octanol–water partition coefficient (Wildman–Crippen LogP) is 1.28. The highest BCUT2D eigenvalue weighted by Gasteiger charge is 2.40. The van der Waals surface area contributed by atoms with Gasteiger partial charge in [-0.3, -0.25) is 0 Å². The molecule has 2 aliphatic rings. The van der Waals surface area contributed by atoms with Gasteiger partial charge in [-0.1, -0.05) is 0 Å². The van der Waals surface area contributed by atoms with E-state index in [4.69, 9.17) is 4.74 Å². The quantitative estimate of drug-likeness (QED) is 0.779. The molecule has 2 N–H and O–H groups in total. The smallest absolute Gasteiger partial charge is 0.338 e. The number of aromatic carboxylic acids is 1. The summed E-state index contributed by atoms with van der Waals surface area (Å²) in [6, 6.07) is -0.214. The monoisotopic (exact) mass is 374 g/mol. The molecule has 1 aromatic heterocycles. The van der Waals surface area contributed by atoms with Gasteiger partial charge in [0.2, 0.25) is 0 Å². The molecule has 0 amide bonds. The molecule has 1 atom stereocenters. The van der Waals surface area contributed by atoms with Crippen molar-refractivity contribution in [2.75, 3.05) is 26.3 Å². The molecule has 0 aromatic carbocycles. The summed E-state index contributed by atoms with van der Waals surface area (Å²) in [5, 5.41) is 12.8. The molecule has 9 heteroatoms. The molecule has 0 unspecified atom stereocenters. The SMILES string of the molecule is CCOC[C@@H]1CCCN1S(=O)(=O)c1sc2c(c1C(=O)O)CCNC2. The van der Waals surface area contributed by atoms with Crippen molar-refractivity contribution >= 4 is 27.3 Å². The number of hydrogen-bond donors (Lipinski definition) is 2. The van der Waals surface area contributed by atoms with Gasteiger partial charge in [-0.05, 0) is 38.3 Å². The standard InChI is InChI=1S/C15H22N2O5S2/c1-2-22-9-10-4-3-7-17(10)24(20,21)15-13(14(18)19)11-5-6-16-8-12(11)23-15/h10,16H,2-9H2,1H3,(H,18,19)/t10-/m0/s1. The van der Waals surface area contributed by atoms with Crippen molar-refractivity contribution in [2.24, 2.45) is 0 Å². The Hall–Kier alpha value is -1.00. The maximum atomic E-state index is 13.1. The van der Waals surface area contributed by atoms with E-state index in [1.165, 1.54) is 4.31 Å². The van der Waals surface area contributed by atoms with Crippen molar-refractivity contribution in [1.29, 1.82) is 0 Å². The average molecular weight is 374 g/mol. The Bertz CT molecular complexity index is 728. The second kappa shape index (κ2) is 7.09. The van der Waals surface area contributed by atoms with Crippen LogP contribution in [0.1, 0.15) is 40.6 Å². The van der Waals surface area contributed by atoms with Gasteiger partial charge in [0.15, 0.2) is 0 Å². The second-order valence-corrected chi connectivity index (χ2v) is 9.16. The average Bonchev–Trinajstić information content (AvgIpc) is 3.17. The number of nitrogens with one attached hydrogen (secondary N) is 1. The van der Waals surface area contributed by atoms with Gasteiger partial charge < -0.3 is 15.2 Å². The number of carbonyl (C=O) groups is 1. The molecule has 134 valence electrons. The van der Waals surface area contributed by atoms with Gasteiger partial charge in [0, 0.05) is 30.6 Å². The van der Waals surface area contributed by atoms with Crippen LogP contribution in [0.15, 0.2) is 4.21 Å². The van der Waals surface area contributed by atoms with Crippen LogP contribution >= 0.6 is 11.3 Å². The molecule has 3 heterocycles. The first-order chi connectivity index (χ1) is 11.5. The summed E-state index contributed by atoms with van der Waals surface area (Å²) in [7, 11) is -3.82. The zero-order valence-corrected chi connectivity index (χ0v) is 15.2. The molecule has 3 rings (SSSR count). The highest BCUT2D eigenvalue weighted by Crippen LogP contribution is 2.38. The van der Waals surface area contributed by atoms with Crippen LogP contribution in [0.25, 0.3) is 0 Å². The van der Waals surface area contributed by atoms with Crippen LogP contribution in [-0.2, 0) is 27.7 Å². The van der Waals surface area contributed by atoms with Crippen LogP contribution in [0, 0.1) is 0 Å². The zero-order chi connectivity index (χ0) is 17.3. The maximum absolute atomic E-state index is 13.1. The molecule has 7 nitrogen and oxygen atoms in total. The van der Waals surface area contributed by atoms with Crippen molar-refractivity contribution in [3.63, 3.8) is 0 Å². The van der Waals surface area contributed by atoms with Gasteiger partial charge >= 0.3 is 5.97 Å². The number of carboxylic acid groups (broad SMARTS) is 1. The Morgan fingerprint density at radius 3 is 3.00 bits per heavy atom. The fourth-order valence-corrected chi connectivity index (χ4v) is 7.02. The molecule has 1 saturated heterocycles. The van der Waals surface area contributed by atoms with Crippen molar-refractivity contribution < 1.29 is 23.1 Å². The lowest BCUT2D eigenvalue weighted by Crippen LogP contribution is -2.38. The summed E-state index contributed by atoms with van der Waals surface area (Å²) in [5.74, 6) is -1.16. The highest BCUT2D eigenvalue weighted by molar-refractivity contribution is 7.91. The molecule has 2 aliphatic heterocycles. The number of thiophene rings is 1. The first-order valence-electron chi connectivity index (χ1n) is 8.15. The number of rotatable bonds is 6. The number of fused-ring (bicyclic) bond motifs is 1. The zero-order valence-electron chi connectivity index (χ0n) is 13.6. The summed E-state index contributed by atoms with van der Waals surface area (Å²) in [5.41, 5.74) is 0.643. The third kappa shape index (κ3) is 3.11. The molecular formula is C15H22N2O5S2. The van der Waals surface area contributed by atoms with Gasteiger partial charge in [-0.15, -0.1) is 11.3 Å². The Morgan fingerprint density at radius 1 is 1.50 bits per heavy atom. The van der Waals surface area contributed by atoms with E-state index in [2.05, 4.69) is 5.32 Å². The number of nitrogens with zero attached hydrogens (tertiary/aromatic N) is 1. The second-order valence-electron chi connectivity index (χ2n) is 5.97. The van der Waals surface area contributed by atoms with Crippen LogP contribution in [0.5, 0.6) is 0 Å². The summed E-state index contributed by atoms with van der Waals surface area (Å²) in [6.45, 7) is 4.36. The van der Waals surface area contributed by atoms with E-state index in [1.54, 1.807) is 0 Å². The van der Waals surface area contributed by atoms with Crippen LogP contribution in [-0.4, -0.2) is 56.1 Å². The van der Waals surface area contributed by atoms with E-state index in [9.17, 15) is 18.3 Å². The van der Waals surface area contributed by atoms with Crippen molar-refractivity contribution in [1.82, 2.24) is 9.62 Å². The van der Waals surface area contributed by atoms with E-state index < -0.39 is 16.0 Å². The Kier molecular flexibility index (Phi) is 5.26. The number of sulfonamides is 1. The van der Waals surface area contributed by atoms with E-state index in [1.807, 2.05) is 6.92 Å². The van der Waals surface area contributed by atoms with E-state index in [0.29, 0.717) is 44.8 Å². The van der Waals surface area contributed by atoms with Crippen molar-refractivity contribution in [3.05, 3.63) is 16.0 Å². The topological polar surface area (TPSA) is 95.9 Å². The molecule has 1 fully saturated rings. The summed E-state index contributed by atoms with van der Waals surface area (Å²) in [4.78, 5) is 12.6. The number of ether oxygens (including phenoxy) is 1. The van der Waals surface area contributed by atoms with E-state index >= 15 is 0 Å². The lowest BCUT2D eigenvalue weighted by atomic mass is 10.1. The van der Waals surface area contributed by atoms with Gasteiger partial charge in [-0.2, -0.15) is 4.31 Å². The van der Waals surface area contributed by atoms with Crippen LogP contribution in [0.2, 0.25) is 0 Å². The molecule has 0 spiro atoms. The predicted molar refractivity (Wildman–Crippen MR) is 90.1 cm³/mol. The minimum Gasteiger partial charge on any atom is -0.478 e. The minimum absolute atomic E-state index is 0.0212. The van der Waals surface area contributed by atoms with Crippen molar-refractivity contribution in [3.8, 4) is 0 Å². The summed E-state index contributed by atoms with van der Waals surface area (Å²) < 4.78 is 33.1. The van der Waals surface area contributed by atoms with E-state index in [0.717, 1.165) is 29.1 Å². The minimum atomic E-state index is -3.82. The largest absolute Gasteiger partial charge is 0.478 e. The molecule has 24 heavy (non-hydrogen) atoms. The van der Waals surface area contributed by atoms with Gasteiger partial charge in [0.25, 0.3) is 10.0 Å². The Morgan fingerprint density at radius 2 is 2.29 bits per heavy atom. The molecular weight excluding hydrogens is 352 g/mol. The van der Waals surface area contributed by atoms with Crippen LogP contribution in [0.3, 0.4) is 0 Å². The normalized spacial score (nSPS) is 21.8. The van der Waals surface area contributed by atoms with Gasteiger partial charge in [0.1, 0.15) is 4.21 Å². The maximum Gasteiger partial charge on any atom is 0.338 e. The molecule has 0 saturated carbocycles. The first-order valence-corrected chi connectivity index (χ1v) is 10.4. The number of hydrogen-bond acceptors (Lipinski definition) is 6. The highest BCUT2D eigenvalue weighted by atomic mass is 32.2. The summed E-state index contributed by atoms with van der Waals surface area (Å²) >= 11 is 1.10. The summed E-state index contributed by atoms with van der Waals surface area (Å²) in [6.07, 6.45) is 2.06. The fourth-order valence-electron chi connectivity index (χ4n) is 3.36. The molecule has 0 aliphatic carbocycles. The third-order valence-electron chi connectivity index (χ3n) is 4.49. The van der Waals surface area contributed by atoms with Gasteiger partial charge in [0.05, 0.1) is 12.2 Å². The van der Waals surface area contributed by atoms with E-state index in [-0.39, 0.29) is 15.8 Å². The van der Waals surface area contributed by atoms with Crippen molar-refractivity contribution in [2.45, 2.75) is 43.0 Å². The Balaban J connectivity index is 2.00. The van der Waals surface area contributed by atoms with Crippen LogP contribution in [0.4, 0.5) is 0 Å². The Labute approximate surface area is 145 Å². The van der Waals surface area contributed by atoms with Gasteiger partial charge in [-0.25, -0.2) is 13.2 Å². The number of carboxylic acids is 1. The third-order valence-corrected chi connectivity index (χ3v) is 8.17. The lowest BCUT2D eigenvalue weighted by Gasteiger charge is -2.23. The molecule has 1 aromatic rings.